The zero-order valence-electron chi connectivity index (χ0n) is 11.6. The first-order valence-corrected chi connectivity index (χ1v) is 9.00. The number of carbonyl (C=O) groups excluding carboxylic acids is 1. The van der Waals surface area contributed by atoms with E-state index in [1.54, 1.807) is 11.9 Å². The number of likely N-dealkylation sites (N-methyl/N-ethyl adjacent to an activating group) is 1. The molecule has 1 aliphatic heterocycles. The third kappa shape index (κ3) is 3.51. The van der Waals surface area contributed by atoms with Crippen molar-refractivity contribution in [2.24, 2.45) is 0 Å². The van der Waals surface area contributed by atoms with E-state index in [-0.39, 0.29) is 27.4 Å². The zero-order chi connectivity index (χ0) is 15.8. The van der Waals surface area contributed by atoms with Gasteiger partial charge in [0.15, 0.2) is 0 Å². The Morgan fingerprint density at radius 3 is 2.62 bits per heavy atom. The minimum atomic E-state index is -3.96. The third-order valence-corrected chi connectivity index (χ3v) is 5.26. The maximum absolute atomic E-state index is 12.6. The molecule has 0 saturated carbocycles. The molecule has 1 unspecified atom stereocenters. The Kier molecular flexibility index (Phi) is 4.82. The lowest BCUT2D eigenvalue weighted by atomic mass is 10.1. The van der Waals surface area contributed by atoms with E-state index >= 15 is 0 Å². The molecule has 1 amide bonds. The van der Waals surface area contributed by atoms with Gasteiger partial charge in [-0.05, 0) is 31.0 Å². The summed E-state index contributed by atoms with van der Waals surface area (Å²) in [4.78, 5) is 14.0. The van der Waals surface area contributed by atoms with E-state index in [1.165, 1.54) is 19.1 Å². The molecule has 1 saturated heterocycles. The van der Waals surface area contributed by atoms with Gasteiger partial charge < -0.3 is 9.64 Å². The summed E-state index contributed by atoms with van der Waals surface area (Å²) in [5.74, 6) is -0.299. The van der Waals surface area contributed by atoms with Crippen molar-refractivity contribution in [1.29, 1.82) is 0 Å². The van der Waals surface area contributed by atoms with Gasteiger partial charge in [0.05, 0.1) is 17.5 Å². The van der Waals surface area contributed by atoms with Crippen molar-refractivity contribution in [2.45, 2.75) is 24.3 Å². The van der Waals surface area contributed by atoms with Crippen LogP contribution in [0.3, 0.4) is 0 Å². The van der Waals surface area contributed by atoms with Gasteiger partial charge in [0.1, 0.15) is 0 Å². The van der Waals surface area contributed by atoms with E-state index in [2.05, 4.69) is 0 Å². The minimum absolute atomic E-state index is 0.0214. The minimum Gasteiger partial charge on any atom is -0.379 e. The molecule has 1 fully saturated rings. The lowest BCUT2D eigenvalue weighted by Crippen LogP contribution is -2.37. The summed E-state index contributed by atoms with van der Waals surface area (Å²) in [7, 11) is 3.09. The number of benzene rings is 1. The summed E-state index contributed by atoms with van der Waals surface area (Å²) in [5, 5.41) is 0.152. The van der Waals surface area contributed by atoms with Gasteiger partial charge in [-0.1, -0.05) is 11.6 Å². The second kappa shape index (κ2) is 6.12. The smallest absolute Gasteiger partial charge is 0.261 e. The van der Waals surface area contributed by atoms with Crippen molar-refractivity contribution in [3.05, 3.63) is 28.3 Å². The van der Waals surface area contributed by atoms with Crippen molar-refractivity contribution >= 4 is 37.2 Å². The van der Waals surface area contributed by atoms with E-state index in [4.69, 9.17) is 27.0 Å². The Morgan fingerprint density at radius 2 is 2.10 bits per heavy atom. The van der Waals surface area contributed by atoms with E-state index in [1.807, 2.05) is 0 Å². The number of hydrogen-bond acceptors (Lipinski definition) is 4. The predicted molar refractivity (Wildman–Crippen MR) is 80.5 cm³/mol. The molecule has 1 aromatic rings. The highest BCUT2D eigenvalue weighted by molar-refractivity contribution is 8.13. The molecule has 8 heteroatoms. The topological polar surface area (TPSA) is 63.7 Å². The molecule has 0 bridgehead atoms. The summed E-state index contributed by atoms with van der Waals surface area (Å²) < 4.78 is 28.4. The lowest BCUT2D eigenvalue weighted by Gasteiger charge is -2.24. The van der Waals surface area contributed by atoms with Crippen LogP contribution in [0.2, 0.25) is 5.02 Å². The maximum atomic E-state index is 12.6. The Labute approximate surface area is 133 Å². The number of halogens is 2. The van der Waals surface area contributed by atoms with E-state index < -0.39 is 9.05 Å². The monoisotopic (exact) mass is 351 g/mol. The molecular formula is C13H15Cl2NO4S. The Bertz CT molecular complexity index is 669. The Balaban J connectivity index is 2.44. The zero-order valence-corrected chi connectivity index (χ0v) is 13.9. The van der Waals surface area contributed by atoms with Crippen molar-refractivity contribution in [3.8, 4) is 0 Å². The van der Waals surface area contributed by atoms with E-state index in [0.29, 0.717) is 18.8 Å². The largest absolute Gasteiger partial charge is 0.379 e. The summed E-state index contributed by atoms with van der Waals surface area (Å²) in [6, 6.07) is 2.68. The maximum Gasteiger partial charge on any atom is 0.261 e. The van der Waals surface area contributed by atoms with Crippen molar-refractivity contribution in [3.63, 3.8) is 0 Å². The average Bonchev–Trinajstić information content (AvgIpc) is 2.92. The number of ether oxygens (including phenoxy) is 1. The molecular weight excluding hydrogens is 337 g/mol. The fourth-order valence-corrected chi connectivity index (χ4v) is 3.82. The van der Waals surface area contributed by atoms with Gasteiger partial charge in [0, 0.05) is 34.9 Å². The highest BCUT2D eigenvalue weighted by Gasteiger charge is 2.28. The molecule has 0 aromatic heterocycles. The summed E-state index contributed by atoms with van der Waals surface area (Å²) >= 11 is 5.92. The molecule has 0 spiro atoms. The molecule has 21 heavy (non-hydrogen) atoms. The Hall–Kier alpha value is -0.820. The van der Waals surface area contributed by atoms with Crippen LogP contribution in [0.1, 0.15) is 22.3 Å². The van der Waals surface area contributed by atoms with Crippen molar-refractivity contribution < 1.29 is 17.9 Å². The predicted octanol–water partition coefficient (Wildman–Crippen LogP) is 2.44. The second-order valence-electron chi connectivity index (χ2n) is 4.95. The number of hydrogen-bond donors (Lipinski definition) is 0. The van der Waals surface area contributed by atoms with Gasteiger partial charge in [-0.25, -0.2) is 8.42 Å². The molecule has 116 valence electrons. The van der Waals surface area contributed by atoms with Crippen LogP contribution in [-0.2, 0) is 13.8 Å². The van der Waals surface area contributed by atoms with Crippen LogP contribution in [-0.4, -0.2) is 45.5 Å². The lowest BCUT2D eigenvalue weighted by molar-refractivity contribution is 0.0710. The van der Waals surface area contributed by atoms with E-state index in [9.17, 15) is 13.2 Å². The van der Waals surface area contributed by atoms with Crippen LogP contribution >= 0.6 is 22.3 Å². The second-order valence-corrected chi connectivity index (χ2v) is 7.92. The highest BCUT2D eigenvalue weighted by atomic mass is 35.7. The van der Waals surface area contributed by atoms with Crippen molar-refractivity contribution in [1.82, 2.24) is 4.90 Å². The molecule has 1 heterocycles. The molecule has 5 nitrogen and oxygen atoms in total. The van der Waals surface area contributed by atoms with Crippen molar-refractivity contribution in [2.75, 3.05) is 20.3 Å². The molecule has 2 rings (SSSR count). The van der Waals surface area contributed by atoms with Crippen LogP contribution in [0.4, 0.5) is 0 Å². The molecule has 0 aliphatic carbocycles. The Morgan fingerprint density at radius 1 is 1.43 bits per heavy atom. The molecule has 1 aliphatic rings. The fourth-order valence-electron chi connectivity index (χ4n) is 2.31. The first-order valence-electron chi connectivity index (χ1n) is 6.31. The SMILES string of the molecule is Cc1c(C(=O)N(C)C2CCOC2)cc(Cl)cc1S(=O)(=O)Cl. The quantitative estimate of drug-likeness (QED) is 0.784. The average molecular weight is 352 g/mol. The van der Waals surface area contributed by atoms with Crippen LogP contribution in [0, 0.1) is 6.92 Å². The standard InChI is InChI=1S/C13H15Cl2NO4S/c1-8-11(5-9(14)6-12(8)21(15,18)19)13(17)16(2)10-3-4-20-7-10/h5-6,10H,3-4,7H2,1-2H3. The van der Waals surface area contributed by atoms with Crippen LogP contribution in [0.15, 0.2) is 17.0 Å². The van der Waals surface area contributed by atoms with Crippen LogP contribution in [0.5, 0.6) is 0 Å². The molecule has 1 atom stereocenters. The van der Waals surface area contributed by atoms with Crippen LogP contribution < -0.4 is 0 Å². The summed E-state index contributed by atoms with van der Waals surface area (Å²) in [6.45, 7) is 2.62. The first-order chi connectivity index (χ1) is 9.71. The summed E-state index contributed by atoms with van der Waals surface area (Å²) in [5.41, 5.74) is 0.529. The van der Waals surface area contributed by atoms with Gasteiger partial charge in [0.25, 0.3) is 15.0 Å². The van der Waals surface area contributed by atoms with Gasteiger partial charge in [-0.15, -0.1) is 0 Å². The number of rotatable bonds is 3. The third-order valence-electron chi connectivity index (χ3n) is 3.59. The number of nitrogens with zero attached hydrogens (tertiary/aromatic N) is 1. The normalized spacial score (nSPS) is 18.8. The molecule has 0 radical (unpaired) electrons. The van der Waals surface area contributed by atoms with Gasteiger partial charge in [-0.3, -0.25) is 4.79 Å². The van der Waals surface area contributed by atoms with Gasteiger partial charge in [-0.2, -0.15) is 0 Å². The molecule has 0 N–H and O–H groups in total. The van der Waals surface area contributed by atoms with E-state index in [0.717, 1.165) is 6.42 Å². The number of carbonyl (C=O) groups is 1. The van der Waals surface area contributed by atoms with Gasteiger partial charge >= 0.3 is 0 Å². The van der Waals surface area contributed by atoms with Gasteiger partial charge in [0.2, 0.25) is 0 Å². The molecule has 1 aromatic carbocycles. The highest BCUT2D eigenvalue weighted by Crippen LogP contribution is 2.28. The first kappa shape index (κ1) is 16.5. The fraction of sp³-hybridized carbons (Fsp3) is 0.462. The summed E-state index contributed by atoms with van der Waals surface area (Å²) in [6.07, 6.45) is 0.752. The number of amides is 1. The van der Waals surface area contributed by atoms with Crippen LogP contribution in [0.25, 0.3) is 0 Å².